The Morgan fingerprint density at radius 3 is 1.94 bits per heavy atom. The molecule has 1 heterocycles. The van der Waals surface area contributed by atoms with Gasteiger partial charge in [-0.2, -0.15) is 4.31 Å². The van der Waals surface area contributed by atoms with Crippen molar-refractivity contribution in [3.63, 3.8) is 0 Å². The second kappa shape index (κ2) is 9.67. The molecule has 0 bridgehead atoms. The van der Waals surface area contributed by atoms with E-state index in [2.05, 4.69) is 45.1 Å². The first kappa shape index (κ1) is 22.9. The van der Waals surface area contributed by atoms with Crippen molar-refractivity contribution in [2.75, 3.05) is 26.2 Å². The van der Waals surface area contributed by atoms with Crippen LogP contribution in [-0.2, 0) is 10.0 Å². The van der Waals surface area contributed by atoms with Crippen LogP contribution >= 0.6 is 15.9 Å². The predicted octanol–water partition coefficient (Wildman–Crippen LogP) is 4.75. The van der Waals surface area contributed by atoms with E-state index in [0.29, 0.717) is 31.7 Å². The lowest BCUT2D eigenvalue weighted by atomic mass is 9.96. The van der Waals surface area contributed by atoms with E-state index in [1.54, 1.807) is 12.1 Å². The van der Waals surface area contributed by atoms with Crippen LogP contribution in [0.2, 0.25) is 0 Å². The van der Waals surface area contributed by atoms with Gasteiger partial charge in [-0.25, -0.2) is 8.42 Å². The molecule has 3 aromatic rings. The molecule has 32 heavy (non-hydrogen) atoms. The predicted molar refractivity (Wildman–Crippen MR) is 129 cm³/mol. The first-order valence-corrected chi connectivity index (χ1v) is 12.8. The van der Waals surface area contributed by atoms with Gasteiger partial charge in [-0.15, -0.1) is 0 Å². The fourth-order valence-corrected chi connectivity index (χ4v) is 5.79. The van der Waals surface area contributed by atoms with E-state index >= 15 is 0 Å². The molecule has 166 valence electrons. The van der Waals surface area contributed by atoms with Gasteiger partial charge in [-0.3, -0.25) is 9.69 Å². The Labute approximate surface area is 197 Å². The zero-order valence-electron chi connectivity index (χ0n) is 17.8. The summed E-state index contributed by atoms with van der Waals surface area (Å²) in [6, 6.07) is 24.9. The molecule has 1 atom stereocenters. The standard InChI is InChI=1S/C25H25BrN2O3S/c1-19(29)20-9-13-24(14-10-20)32(30,31)28-17-15-27(16-18-28)25(21-5-3-2-4-6-21)22-7-11-23(26)12-8-22/h2-14,25H,15-18H2,1H3. The van der Waals surface area contributed by atoms with E-state index in [0.717, 1.165) is 4.47 Å². The molecule has 7 heteroatoms. The summed E-state index contributed by atoms with van der Waals surface area (Å²) in [4.78, 5) is 14.1. The molecule has 0 aliphatic carbocycles. The Hall–Kier alpha value is -2.32. The van der Waals surface area contributed by atoms with Crippen molar-refractivity contribution >= 4 is 31.7 Å². The van der Waals surface area contributed by atoms with Crippen molar-refractivity contribution in [1.29, 1.82) is 0 Å². The number of hydrogen-bond donors (Lipinski definition) is 0. The van der Waals surface area contributed by atoms with Crippen LogP contribution in [0, 0.1) is 0 Å². The molecule has 1 aliphatic rings. The molecular weight excluding hydrogens is 488 g/mol. The van der Waals surface area contributed by atoms with Gasteiger partial charge < -0.3 is 0 Å². The SMILES string of the molecule is CC(=O)c1ccc(S(=O)(=O)N2CCN(C(c3ccccc3)c3ccc(Br)cc3)CC2)cc1. The molecule has 1 fully saturated rings. The number of benzene rings is 3. The molecule has 0 saturated carbocycles. The normalized spacial score (nSPS) is 16.6. The lowest BCUT2D eigenvalue weighted by molar-refractivity contribution is 0.101. The third-order valence-corrected chi connectivity index (χ3v) is 8.28. The number of Topliss-reactive ketones (excluding diaryl/α,β-unsaturated/α-hetero) is 1. The molecule has 1 aliphatic heterocycles. The number of hydrogen-bond acceptors (Lipinski definition) is 4. The smallest absolute Gasteiger partial charge is 0.243 e. The van der Waals surface area contributed by atoms with Gasteiger partial charge in [0.05, 0.1) is 10.9 Å². The topological polar surface area (TPSA) is 57.7 Å². The molecule has 0 amide bonds. The van der Waals surface area contributed by atoms with Crippen molar-refractivity contribution in [3.8, 4) is 0 Å². The third-order valence-electron chi connectivity index (χ3n) is 5.84. The molecule has 3 aromatic carbocycles. The fraction of sp³-hybridized carbons (Fsp3) is 0.240. The lowest BCUT2D eigenvalue weighted by Gasteiger charge is -2.39. The van der Waals surface area contributed by atoms with Crippen molar-refractivity contribution < 1.29 is 13.2 Å². The number of ketones is 1. The highest BCUT2D eigenvalue weighted by atomic mass is 79.9. The van der Waals surface area contributed by atoms with Crippen LogP contribution in [-0.4, -0.2) is 49.6 Å². The molecule has 0 spiro atoms. The van der Waals surface area contributed by atoms with Gasteiger partial charge in [0.25, 0.3) is 0 Å². The van der Waals surface area contributed by atoms with Crippen molar-refractivity contribution in [2.45, 2.75) is 17.9 Å². The third kappa shape index (κ3) is 4.86. The quantitative estimate of drug-likeness (QED) is 0.447. The molecule has 1 unspecified atom stereocenters. The maximum atomic E-state index is 13.1. The highest BCUT2D eigenvalue weighted by Gasteiger charge is 2.32. The minimum atomic E-state index is -3.60. The van der Waals surface area contributed by atoms with Crippen molar-refractivity contribution in [3.05, 3.63) is 100 Å². The molecule has 1 saturated heterocycles. The fourth-order valence-electron chi connectivity index (χ4n) is 4.11. The zero-order chi connectivity index (χ0) is 22.7. The van der Waals surface area contributed by atoms with Crippen LogP contribution in [0.25, 0.3) is 0 Å². The number of halogens is 1. The average molecular weight is 513 g/mol. The van der Waals surface area contributed by atoms with Gasteiger partial charge >= 0.3 is 0 Å². The average Bonchev–Trinajstić information content (AvgIpc) is 2.81. The number of piperazine rings is 1. The monoisotopic (exact) mass is 512 g/mol. The highest BCUT2D eigenvalue weighted by molar-refractivity contribution is 9.10. The summed E-state index contributed by atoms with van der Waals surface area (Å²) in [6.07, 6.45) is 0. The van der Waals surface area contributed by atoms with E-state index < -0.39 is 10.0 Å². The molecule has 0 radical (unpaired) electrons. The molecule has 0 aromatic heterocycles. The second-order valence-corrected chi connectivity index (χ2v) is 10.7. The maximum absolute atomic E-state index is 13.1. The first-order chi connectivity index (χ1) is 15.4. The minimum absolute atomic E-state index is 0.0593. The Balaban J connectivity index is 1.54. The molecule has 0 N–H and O–H groups in total. The summed E-state index contributed by atoms with van der Waals surface area (Å²) in [5, 5.41) is 0. The molecule has 4 rings (SSSR count). The van der Waals surface area contributed by atoms with Gasteiger partial charge in [0.1, 0.15) is 0 Å². The summed E-state index contributed by atoms with van der Waals surface area (Å²) in [5.74, 6) is -0.0811. The van der Waals surface area contributed by atoms with E-state index in [9.17, 15) is 13.2 Å². The van der Waals surface area contributed by atoms with E-state index in [-0.39, 0.29) is 16.7 Å². The Morgan fingerprint density at radius 2 is 1.38 bits per heavy atom. The summed E-state index contributed by atoms with van der Waals surface area (Å²) in [7, 11) is -3.60. The van der Waals surface area contributed by atoms with Gasteiger partial charge in [-0.1, -0.05) is 70.5 Å². The summed E-state index contributed by atoms with van der Waals surface area (Å²) in [6.45, 7) is 3.55. The zero-order valence-corrected chi connectivity index (χ0v) is 20.2. The Kier molecular flexibility index (Phi) is 6.90. The lowest BCUT2D eigenvalue weighted by Crippen LogP contribution is -2.49. The van der Waals surface area contributed by atoms with E-state index in [1.165, 1.54) is 34.5 Å². The largest absolute Gasteiger partial charge is 0.295 e. The van der Waals surface area contributed by atoms with Gasteiger partial charge in [-0.05, 0) is 42.3 Å². The van der Waals surface area contributed by atoms with Crippen molar-refractivity contribution in [2.24, 2.45) is 0 Å². The summed E-state index contributed by atoms with van der Waals surface area (Å²) in [5.41, 5.74) is 2.87. The number of carbonyl (C=O) groups excluding carboxylic acids is 1. The Morgan fingerprint density at radius 1 is 0.812 bits per heavy atom. The highest BCUT2D eigenvalue weighted by Crippen LogP contribution is 2.31. The minimum Gasteiger partial charge on any atom is -0.295 e. The summed E-state index contributed by atoms with van der Waals surface area (Å²) >= 11 is 3.51. The maximum Gasteiger partial charge on any atom is 0.243 e. The van der Waals surface area contributed by atoms with Crippen LogP contribution in [0.5, 0.6) is 0 Å². The van der Waals surface area contributed by atoms with E-state index in [4.69, 9.17) is 0 Å². The van der Waals surface area contributed by atoms with E-state index in [1.807, 2.05) is 30.3 Å². The van der Waals surface area contributed by atoms with Crippen molar-refractivity contribution in [1.82, 2.24) is 9.21 Å². The number of nitrogens with zero attached hydrogens (tertiary/aromatic N) is 2. The second-order valence-electron chi connectivity index (χ2n) is 7.89. The number of carbonyl (C=O) groups is 1. The van der Waals surface area contributed by atoms with Crippen LogP contribution in [0.3, 0.4) is 0 Å². The van der Waals surface area contributed by atoms with Gasteiger partial charge in [0.15, 0.2) is 5.78 Å². The van der Waals surface area contributed by atoms with Crippen LogP contribution in [0.4, 0.5) is 0 Å². The Bertz CT molecular complexity index is 1170. The van der Waals surface area contributed by atoms with Gasteiger partial charge in [0, 0.05) is 36.2 Å². The van der Waals surface area contributed by atoms with Gasteiger partial charge in [0.2, 0.25) is 10.0 Å². The summed E-state index contributed by atoms with van der Waals surface area (Å²) < 4.78 is 28.8. The van der Waals surface area contributed by atoms with Crippen LogP contribution in [0.1, 0.15) is 34.5 Å². The van der Waals surface area contributed by atoms with Crippen LogP contribution < -0.4 is 0 Å². The number of rotatable bonds is 6. The molecular formula is C25H25BrN2O3S. The van der Waals surface area contributed by atoms with Crippen LogP contribution in [0.15, 0.2) is 88.2 Å². The first-order valence-electron chi connectivity index (χ1n) is 10.5. The number of sulfonamides is 1. The molecule has 5 nitrogen and oxygen atoms in total.